The number of nitriles is 3. The predicted molar refractivity (Wildman–Crippen MR) is 76.1 cm³/mol. The molecule has 1 aromatic carbocycles. The first-order valence-electron chi connectivity index (χ1n) is 5.70. The van der Waals surface area contributed by atoms with Crippen LogP contribution in [-0.4, -0.2) is 9.78 Å². The highest BCUT2D eigenvalue weighted by atomic mass is 35.5. The summed E-state index contributed by atoms with van der Waals surface area (Å²) in [6.07, 6.45) is 3.33. The molecule has 0 unspecified atom stereocenters. The minimum atomic E-state index is -0.302. The van der Waals surface area contributed by atoms with Crippen LogP contribution in [0.2, 0.25) is 5.02 Å². The van der Waals surface area contributed by atoms with Crippen molar-refractivity contribution in [2.45, 2.75) is 0 Å². The van der Waals surface area contributed by atoms with Crippen LogP contribution in [0.3, 0.4) is 0 Å². The van der Waals surface area contributed by atoms with Gasteiger partial charge in [-0.25, -0.2) is 4.68 Å². The summed E-state index contributed by atoms with van der Waals surface area (Å²) in [5.41, 5.74) is 0.651. The van der Waals surface area contributed by atoms with E-state index in [2.05, 4.69) is 10.4 Å². The molecule has 0 saturated carbocycles. The third-order valence-electron chi connectivity index (χ3n) is 2.55. The van der Waals surface area contributed by atoms with Crippen LogP contribution in [-0.2, 0) is 0 Å². The fourth-order valence-corrected chi connectivity index (χ4v) is 1.81. The molecule has 0 aliphatic heterocycles. The van der Waals surface area contributed by atoms with E-state index in [1.807, 2.05) is 0 Å². The summed E-state index contributed by atoms with van der Waals surface area (Å²) in [5.74, 6) is 0. The molecule has 1 aromatic heterocycles. The summed E-state index contributed by atoms with van der Waals surface area (Å²) in [6, 6.07) is 11.9. The molecule has 100 valence electrons. The third-order valence-corrected chi connectivity index (χ3v) is 2.79. The first kappa shape index (κ1) is 14.1. The zero-order valence-corrected chi connectivity index (χ0v) is 11.3. The summed E-state index contributed by atoms with van der Waals surface area (Å²) in [7, 11) is 0. The highest BCUT2D eigenvalue weighted by molar-refractivity contribution is 6.31. The molecular formula is C14H7ClN6. The molecule has 1 heterocycles. The number of nitrogens with zero attached hydrogens (tertiary/aromatic N) is 5. The van der Waals surface area contributed by atoms with Crippen molar-refractivity contribution >= 4 is 17.3 Å². The molecule has 0 aliphatic rings. The van der Waals surface area contributed by atoms with Gasteiger partial charge < -0.3 is 5.32 Å². The van der Waals surface area contributed by atoms with E-state index in [4.69, 9.17) is 27.4 Å². The number of benzene rings is 1. The summed E-state index contributed by atoms with van der Waals surface area (Å²) in [4.78, 5) is 0. The van der Waals surface area contributed by atoms with Gasteiger partial charge in [-0.3, -0.25) is 0 Å². The zero-order valence-electron chi connectivity index (χ0n) is 10.6. The van der Waals surface area contributed by atoms with Gasteiger partial charge in [-0.05, 0) is 24.3 Å². The largest absolute Gasteiger partial charge is 0.343 e. The van der Waals surface area contributed by atoms with Gasteiger partial charge in [0.2, 0.25) is 0 Å². The van der Waals surface area contributed by atoms with E-state index in [0.29, 0.717) is 16.4 Å². The summed E-state index contributed by atoms with van der Waals surface area (Å²) >= 11 is 5.95. The lowest BCUT2D eigenvalue weighted by Gasteiger charge is -2.11. The number of halogens is 1. The molecule has 6 nitrogen and oxygen atoms in total. The van der Waals surface area contributed by atoms with Gasteiger partial charge in [0.05, 0.1) is 11.4 Å². The van der Waals surface area contributed by atoms with E-state index in [-0.39, 0.29) is 11.3 Å². The summed E-state index contributed by atoms with van der Waals surface area (Å²) < 4.78 is 1.58. The van der Waals surface area contributed by atoms with E-state index in [9.17, 15) is 0 Å². The van der Waals surface area contributed by atoms with Gasteiger partial charge in [-0.1, -0.05) is 11.6 Å². The number of hydrogen-bond donors (Lipinski definition) is 1. The van der Waals surface area contributed by atoms with E-state index in [1.165, 1.54) is 0 Å². The lowest BCUT2D eigenvalue weighted by Crippen LogP contribution is -2.05. The molecule has 0 atom stereocenters. The van der Waals surface area contributed by atoms with Crippen molar-refractivity contribution in [3.05, 3.63) is 53.0 Å². The van der Waals surface area contributed by atoms with Crippen molar-refractivity contribution in [3.8, 4) is 23.9 Å². The van der Waals surface area contributed by atoms with Crippen LogP contribution in [0.15, 0.2) is 47.9 Å². The number of aromatic nitrogens is 2. The van der Waals surface area contributed by atoms with E-state index >= 15 is 0 Å². The monoisotopic (exact) mass is 294 g/mol. The Morgan fingerprint density at radius 3 is 2.52 bits per heavy atom. The normalized spacial score (nSPS) is 9.05. The minimum Gasteiger partial charge on any atom is -0.343 e. The lowest BCUT2D eigenvalue weighted by atomic mass is 10.2. The van der Waals surface area contributed by atoms with Crippen LogP contribution in [0, 0.1) is 34.0 Å². The average molecular weight is 295 g/mol. The van der Waals surface area contributed by atoms with Crippen molar-refractivity contribution in [1.82, 2.24) is 9.78 Å². The number of hydrogen-bond acceptors (Lipinski definition) is 5. The van der Waals surface area contributed by atoms with Crippen molar-refractivity contribution in [2.24, 2.45) is 0 Å². The van der Waals surface area contributed by atoms with Crippen LogP contribution in [0.1, 0.15) is 0 Å². The Balaban J connectivity index is 2.53. The fourth-order valence-electron chi connectivity index (χ4n) is 1.64. The van der Waals surface area contributed by atoms with Crippen LogP contribution in [0.5, 0.6) is 0 Å². The summed E-state index contributed by atoms with van der Waals surface area (Å²) in [6.45, 7) is 0. The Bertz CT molecular complexity index is 799. The molecule has 21 heavy (non-hydrogen) atoms. The van der Waals surface area contributed by atoms with Crippen LogP contribution in [0.4, 0.5) is 5.69 Å². The van der Waals surface area contributed by atoms with E-state index in [0.717, 1.165) is 0 Å². The van der Waals surface area contributed by atoms with Gasteiger partial charge in [0.25, 0.3) is 0 Å². The minimum absolute atomic E-state index is 0.143. The molecule has 7 heteroatoms. The highest BCUT2D eigenvalue weighted by Gasteiger charge is 2.11. The number of anilines is 1. The molecule has 0 radical (unpaired) electrons. The highest BCUT2D eigenvalue weighted by Crippen LogP contribution is 2.25. The second kappa shape index (κ2) is 6.25. The van der Waals surface area contributed by atoms with Gasteiger partial charge in [0.1, 0.15) is 23.9 Å². The Hall–Kier alpha value is -3.27. The van der Waals surface area contributed by atoms with Crippen LogP contribution >= 0.6 is 11.6 Å². The first-order chi connectivity index (χ1) is 10.2. The number of allylic oxidation sites excluding steroid dienone is 2. The lowest BCUT2D eigenvalue weighted by molar-refractivity contribution is 0.882. The Labute approximate surface area is 125 Å². The topological polar surface area (TPSA) is 101 Å². The van der Waals surface area contributed by atoms with E-state index < -0.39 is 0 Å². The molecule has 0 amide bonds. The molecule has 0 bridgehead atoms. The average Bonchev–Trinajstić information content (AvgIpc) is 3.01. The van der Waals surface area contributed by atoms with Crippen molar-refractivity contribution < 1.29 is 0 Å². The second-order valence-electron chi connectivity index (χ2n) is 3.82. The predicted octanol–water partition coefficient (Wildman–Crippen LogP) is 2.76. The SMILES string of the molecule is N#CC(C#N)=C(C#N)Nc1cc(Cl)ccc1-n1cccn1. The molecule has 2 rings (SSSR count). The molecule has 0 fully saturated rings. The van der Waals surface area contributed by atoms with Crippen molar-refractivity contribution in [2.75, 3.05) is 5.32 Å². The van der Waals surface area contributed by atoms with Gasteiger partial charge in [-0.15, -0.1) is 0 Å². The first-order valence-corrected chi connectivity index (χ1v) is 6.08. The van der Waals surface area contributed by atoms with Gasteiger partial charge in [0.15, 0.2) is 5.57 Å². The Morgan fingerprint density at radius 1 is 1.19 bits per heavy atom. The van der Waals surface area contributed by atoms with Crippen LogP contribution in [0.25, 0.3) is 5.69 Å². The Morgan fingerprint density at radius 2 is 1.95 bits per heavy atom. The number of nitrogens with one attached hydrogen (secondary N) is 1. The van der Waals surface area contributed by atoms with Crippen molar-refractivity contribution in [1.29, 1.82) is 15.8 Å². The summed E-state index contributed by atoms with van der Waals surface area (Å²) in [5, 5.41) is 34.1. The van der Waals surface area contributed by atoms with Gasteiger partial charge in [-0.2, -0.15) is 20.9 Å². The Kier molecular flexibility index (Phi) is 4.21. The molecule has 0 spiro atoms. The quantitative estimate of drug-likeness (QED) is 0.877. The standard InChI is InChI=1S/C14H7ClN6/c15-11-2-3-14(21-5-1-4-19-21)12(6-11)20-13(9-18)10(7-16)8-17/h1-6,20H. The maximum absolute atomic E-state index is 9.08. The second-order valence-corrected chi connectivity index (χ2v) is 4.26. The van der Waals surface area contributed by atoms with Crippen molar-refractivity contribution in [3.63, 3.8) is 0 Å². The third kappa shape index (κ3) is 3.01. The van der Waals surface area contributed by atoms with Crippen LogP contribution < -0.4 is 5.32 Å². The molecule has 1 N–H and O–H groups in total. The maximum Gasteiger partial charge on any atom is 0.163 e. The number of rotatable bonds is 3. The molecule has 0 saturated heterocycles. The fraction of sp³-hybridized carbons (Fsp3) is 0. The van der Waals surface area contributed by atoms with Gasteiger partial charge in [0, 0.05) is 17.4 Å². The molecule has 0 aliphatic carbocycles. The smallest absolute Gasteiger partial charge is 0.163 e. The zero-order chi connectivity index (χ0) is 15.2. The molecular weight excluding hydrogens is 288 g/mol. The molecule has 2 aromatic rings. The van der Waals surface area contributed by atoms with Gasteiger partial charge >= 0.3 is 0 Å². The maximum atomic E-state index is 9.08. The van der Waals surface area contributed by atoms with E-state index in [1.54, 1.807) is 59.5 Å².